The van der Waals surface area contributed by atoms with Crippen LogP contribution in [0.5, 0.6) is 0 Å². The van der Waals surface area contributed by atoms with Crippen LogP contribution in [0.15, 0.2) is 10.7 Å². The first-order chi connectivity index (χ1) is 6.77. The fourth-order valence-electron chi connectivity index (χ4n) is 1.58. The molecule has 1 fully saturated rings. The Kier molecular flexibility index (Phi) is 2.87. The molecule has 0 saturated heterocycles. The summed E-state index contributed by atoms with van der Waals surface area (Å²) in [5.74, 6) is 2.47. The summed E-state index contributed by atoms with van der Waals surface area (Å²) in [6.07, 6.45) is 4.39. The summed E-state index contributed by atoms with van der Waals surface area (Å²) < 4.78 is 5.26. The number of rotatable bonds is 5. The molecule has 2 rings (SSSR count). The first-order valence-electron chi connectivity index (χ1n) is 5.41. The van der Waals surface area contributed by atoms with Crippen LogP contribution < -0.4 is 5.32 Å². The van der Waals surface area contributed by atoms with E-state index < -0.39 is 0 Å². The van der Waals surface area contributed by atoms with Crippen molar-refractivity contribution in [1.82, 2.24) is 10.5 Å². The molecule has 1 aliphatic rings. The molecule has 0 bridgehead atoms. The Morgan fingerprint density at radius 3 is 3.00 bits per heavy atom. The minimum absolute atomic E-state index is 0.661. The number of nitrogens with zero attached hydrogens (tertiary/aromatic N) is 1. The van der Waals surface area contributed by atoms with Gasteiger partial charge in [0.1, 0.15) is 5.76 Å². The van der Waals surface area contributed by atoms with Crippen LogP contribution >= 0.6 is 0 Å². The molecule has 0 radical (unpaired) electrons. The zero-order chi connectivity index (χ0) is 9.97. The summed E-state index contributed by atoms with van der Waals surface area (Å²) in [7, 11) is 0. The first-order valence-corrected chi connectivity index (χ1v) is 5.41. The van der Waals surface area contributed by atoms with Crippen LogP contribution in [0.25, 0.3) is 0 Å². The van der Waals surface area contributed by atoms with Gasteiger partial charge < -0.3 is 9.84 Å². The van der Waals surface area contributed by atoms with Crippen molar-refractivity contribution >= 4 is 0 Å². The van der Waals surface area contributed by atoms with E-state index in [0.717, 1.165) is 18.8 Å². The number of nitrogens with one attached hydrogen (secondary N) is 1. The second-order valence-corrected chi connectivity index (χ2v) is 4.51. The van der Waals surface area contributed by atoms with Crippen LogP contribution in [0, 0.1) is 5.92 Å². The van der Waals surface area contributed by atoms with E-state index in [1.807, 2.05) is 6.20 Å². The Labute approximate surface area is 84.9 Å². The molecule has 1 aliphatic carbocycles. The Hall–Kier alpha value is -0.830. The van der Waals surface area contributed by atoms with Gasteiger partial charge in [0, 0.05) is 18.0 Å². The van der Waals surface area contributed by atoms with Gasteiger partial charge >= 0.3 is 0 Å². The van der Waals surface area contributed by atoms with Crippen LogP contribution in [0.1, 0.15) is 43.9 Å². The Morgan fingerprint density at radius 1 is 1.57 bits per heavy atom. The van der Waals surface area contributed by atoms with E-state index in [1.54, 1.807) is 0 Å². The molecule has 3 nitrogen and oxygen atoms in total. The molecule has 0 spiro atoms. The lowest BCUT2D eigenvalue weighted by molar-refractivity contribution is 0.382. The van der Waals surface area contributed by atoms with E-state index in [-0.39, 0.29) is 0 Å². The average Bonchev–Trinajstić information content (AvgIpc) is 2.87. The van der Waals surface area contributed by atoms with E-state index in [1.165, 1.54) is 18.4 Å². The van der Waals surface area contributed by atoms with Gasteiger partial charge in [0.05, 0.1) is 6.20 Å². The highest BCUT2D eigenvalue weighted by molar-refractivity contribution is 5.21. The second kappa shape index (κ2) is 4.13. The average molecular weight is 194 g/mol. The Morgan fingerprint density at radius 2 is 2.36 bits per heavy atom. The highest BCUT2D eigenvalue weighted by Gasteiger charge is 2.29. The van der Waals surface area contributed by atoms with Crippen LogP contribution in [-0.4, -0.2) is 11.7 Å². The maximum absolute atomic E-state index is 5.26. The van der Waals surface area contributed by atoms with Gasteiger partial charge in [-0.05, 0) is 25.3 Å². The van der Waals surface area contributed by atoms with Gasteiger partial charge in [0.2, 0.25) is 0 Å². The molecular formula is C11H18N2O. The third kappa shape index (κ3) is 2.35. The first kappa shape index (κ1) is 9.71. The van der Waals surface area contributed by atoms with Crippen LogP contribution in [0.2, 0.25) is 0 Å². The summed E-state index contributed by atoms with van der Waals surface area (Å²) in [5, 5.41) is 7.28. The van der Waals surface area contributed by atoms with E-state index in [9.17, 15) is 0 Å². The molecule has 1 aromatic rings. The van der Waals surface area contributed by atoms with Gasteiger partial charge in [-0.2, -0.15) is 0 Å². The lowest BCUT2D eigenvalue weighted by Crippen LogP contribution is -2.19. The summed E-state index contributed by atoms with van der Waals surface area (Å²) in [6, 6.07) is 0. The fourth-order valence-corrected chi connectivity index (χ4v) is 1.58. The monoisotopic (exact) mass is 194 g/mol. The Balaban J connectivity index is 1.85. The van der Waals surface area contributed by atoms with Crippen molar-refractivity contribution in [1.29, 1.82) is 0 Å². The van der Waals surface area contributed by atoms with Gasteiger partial charge in [0.25, 0.3) is 0 Å². The van der Waals surface area contributed by atoms with Gasteiger partial charge in [-0.25, -0.2) is 0 Å². The molecule has 0 amide bonds. The maximum atomic E-state index is 5.26. The third-order valence-electron chi connectivity index (χ3n) is 2.49. The molecule has 1 aromatic heterocycles. The smallest absolute Gasteiger partial charge is 0.144 e. The van der Waals surface area contributed by atoms with Gasteiger partial charge in [-0.1, -0.05) is 19.0 Å². The third-order valence-corrected chi connectivity index (χ3v) is 2.49. The standard InChI is InChI=1S/C11H18N2O/c1-8(2)5-12-6-10-7-13-14-11(10)9-3-4-9/h7-9,12H,3-6H2,1-2H3. The summed E-state index contributed by atoms with van der Waals surface area (Å²) >= 11 is 0. The van der Waals surface area contributed by atoms with Crippen molar-refractivity contribution in [3.63, 3.8) is 0 Å². The normalized spacial score (nSPS) is 16.5. The summed E-state index contributed by atoms with van der Waals surface area (Å²) in [5.41, 5.74) is 1.24. The topological polar surface area (TPSA) is 38.1 Å². The molecule has 0 aliphatic heterocycles. The second-order valence-electron chi connectivity index (χ2n) is 4.51. The minimum Gasteiger partial charge on any atom is -0.361 e. The maximum Gasteiger partial charge on any atom is 0.144 e. The molecule has 0 atom stereocenters. The predicted octanol–water partition coefficient (Wildman–Crippen LogP) is 2.30. The van der Waals surface area contributed by atoms with Crippen molar-refractivity contribution in [2.24, 2.45) is 5.92 Å². The predicted molar refractivity (Wildman–Crippen MR) is 55.0 cm³/mol. The molecule has 0 unspecified atom stereocenters. The highest BCUT2D eigenvalue weighted by Crippen LogP contribution is 2.41. The fraction of sp³-hybridized carbons (Fsp3) is 0.727. The van der Waals surface area contributed by atoms with Crippen LogP contribution in [0.4, 0.5) is 0 Å². The lowest BCUT2D eigenvalue weighted by Gasteiger charge is -2.06. The molecule has 3 heteroatoms. The highest BCUT2D eigenvalue weighted by atomic mass is 16.5. The SMILES string of the molecule is CC(C)CNCc1cnoc1C1CC1. The Bertz CT molecular complexity index is 289. The van der Waals surface area contributed by atoms with Crippen molar-refractivity contribution in [3.05, 3.63) is 17.5 Å². The summed E-state index contributed by atoms with van der Waals surface area (Å²) in [4.78, 5) is 0. The molecule has 1 N–H and O–H groups in total. The minimum atomic E-state index is 0.661. The summed E-state index contributed by atoms with van der Waals surface area (Å²) in [6.45, 7) is 6.37. The van der Waals surface area contributed by atoms with Gasteiger partial charge in [-0.15, -0.1) is 0 Å². The van der Waals surface area contributed by atoms with E-state index in [4.69, 9.17) is 4.52 Å². The van der Waals surface area contributed by atoms with Gasteiger partial charge in [0.15, 0.2) is 0 Å². The molecule has 0 aromatic carbocycles. The zero-order valence-corrected chi connectivity index (χ0v) is 8.92. The molecule has 1 saturated carbocycles. The van der Waals surface area contributed by atoms with Crippen LogP contribution in [0.3, 0.4) is 0 Å². The van der Waals surface area contributed by atoms with Crippen molar-refractivity contribution in [3.8, 4) is 0 Å². The zero-order valence-electron chi connectivity index (χ0n) is 8.92. The van der Waals surface area contributed by atoms with E-state index in [0.29, 0.717) is 11.8 Å². The molecule has 78 valence electrons. The lowest BCUT2D eigenvalue weighted by atomic mass is 10.2. The quantitative estimate of drug-likeness (QED) is 0.781. The number of hydrogen-bond acceptors (Lipinski definition) is 3. The number of hydrogen-bond donors (Lipinski definition) is 1. The molecular weight excluding hydrogens is 176 g/mol. The van der Waals surface area contributed by atoms with Crippen molar-refractivity contribution in [2.45, 2.75) is 39.2 Å². The van der Waals surface area contributed by atoms with Crippen molar-refractivity contribution < 1.29 is 4.52 Å². The van der Waals surface area contributed by atoms with Gasteiger partial charge in [-0.3, -0.25) is 0 Å². The van der Waals surface area contributed by atoms with E-state index >= 15 is 0 Å². The number of aromatic nitrogens is 1. The van der Waals surface area contributed by atoms with Crippen molar-refractivity contribution in [2.75, 3.05) is 6.54 Å². The molecule has 14 heavy (non-hydrogen) atoms. The molecule has 1 heterocycles. The largest absolute Gasteiger partial charge is 0.361 e. The van der Waals surface area contributed by atoms with Crippen LogP contribution in [-0.2, 0) is 6.54 Å². The van der Waals surface area contributed by atoms with E-state index in [2.05, 4.69) is 24.3 Å².